The maximum Gasteiger partial charge on any atom is 0.416 e. The molecule has 1 aliphatic heterocycles. The van der Waals surface area contributed by atoms with E-state index in [-0.39, 0.29) is 62.3 Å². The molecule has 0 aromatic heterocycles. The van der Waals surface area contributed by atoms with Crippen molar-refractivity contribution in [3.05, 3.63) is 106 Å². The summed E-state index contributed by atoms with van der Waals surface area (Å²) in [4.78, 5) is 153. The molecule has 0 spiro atoms. The number of carbonyl (C=O) groups excluding carboxylic acids is 10. The minimum atomic E-state index is -4.70. The lowest BCUT2D eigenvalue weighted by atomic mass is 9.97. The van der Waals surface area contributed by atoms with Crippen LogP contribution in [0.2, 0.25) is 5.02 Å². The zero-order valence-corrected chi connectivity index (χ0v) is 57.1. The van der Waals surface area contributed by atoms with Crippen molar-refractivity contribution in [1.82, 2.24) is 55.6 Å². The predicted molar refractivity (Wildman–Crippen MR) is 347 cm³/mol. The predicted octanol–water partition coefficient (Wildman–Crippen LogP) is 4.77. The van der Waals surface area contributed by atoms with Crippen molar-refractivity contribution in [2.75, 3.05) is 69.0 Å². The standard InChI is InChI=1S/C67H97ClF3N11O11/c1-16-42(6)59-66(93)78(11)38-57(85)76(9)39-58(86)80(13)53(36-47-25-28-49(68)29-26-47)64(91)77(10)37-55(83)73-50(30-27-46-23-20-24-48(34-46)67(69,70)71)61(88)74-51(31-40(2)3)63(90)82(15)54(35-45-21-18-17-19-22-45)65(92)81(14)52(32-41(4)5)62(89)72-43(7)33-56(84)79(12)44(8)60(87)75-59/h17-26,28-29,34,40-44,50-54,59-60,75,87H,16,27,30-33,35-39H2,1-15H3,(H,72,89)(H,73,83)(H,74,88)/t42-,43+,44-,50-,51-,52-,53-,54-,59-,60?/m0/s1. The molecule has 5 N–H and O–H groups in total. The van der Waals surface area contributed by atoms with Crippen LogP contribution in [0.25, 0.3) is 0 Å². The van der Waals surface area contributed by atoms with Crippen LogP contribution in [0.1, 0.15) is 110 Å². The summed E-state index contributed by atoms with van der Waals surface area (Å²) in [7, 11) is 9.67. The van der Waals surface area contributed by atoms with Gasteiger partial charge in [0.2, 0.25) is 59.1 Å². The van der Waals surface area contributed by atoms with Gasteiger partial charge in [0.25, 0.3) is 0 Å². The van der Waals surface area contributed by atoms with Gasteiger partial charge < -0.3 is 55.4 Å². The second-order valence-electron chi connectivity index (χ2n) is 25.6. The van der Waals surface area contributed by atoms with E-state index in [0.29, 0.717) is 22.6 Å². The van der Waals surface area contributed by atoms with Crippen molar-refractivity contribution < 1.29 is 66.2 Å². The summed E-state index contributed by atoms with van der Waals surface area (Å²) in [5.74, 6) is -7.82. The largest absolute Gasteiger partial charge is 0.416 e. The number of carbonyl (C=O) groups is 10. The lowest BCUT2D eigenvalue weighted by Gasteiger charge is -2.37. The summed E-state index contributed by atoms with van der Waals surface area (Å²) in [5, 5.41) is 23.3. The highest BCUT2D eigenvalue weighted by Crippen LogP contribution is 2.30. The van der Waals surface area contributed by atoms with Crippen LogP contribution in [0.3, 0.4) is 0 Å². The van der Waals surface area contributed by atoms with E-state index >= 15 is 9.59 Å². The number of hydrogen-bond acceptors (Lipinski definition) is 12. The Morgan fingerprint density at radius 1 is 0.559 bits per heavy atom. The summed E-state index contributed by atoms with van der Waals surface area (Å²) < 4.78 is 41.9. The van der Waals surface area contributed by atoms with Crippen LogP contribution in [0.4, 0.5) is 13.2 Å². The molecule has 0 bridgehead atoms. The number of aliphatic hydroxyl groups is 1. The minimum Gasteiger partial charge on any atom is -0.376 e. The number of amides is 10. The third-order valence-corrected chi connectivity index (χ3v) is 17.3. The van der Waals surface area contributed by atoms with Gasteiger partial charge in [0.1, 0.15) is 36.4 Å². The Morgan fingerprint density at radius 3 is 1.69 bits per heavy atom. The monoisotopic (exact) mass is 1320 g/mol. The number of alkyl halides is 3. The summed E-state index contributed by atoms with van der Waals surface area (Å²) in [6, 6.07) is 10.2. The van der Waals surface area contributed by atoms with Gasteiger partial charge in [-0.2, -0.15) is 13.2 Å². The molecular weight excluding hydrogens is 1230 g/mol. The summed E-state index contributed by atoms with van der Waals surface area (Å²) in [6.07, 6.45) is -6.47. The lowest BCUT2D eigenvalue weighted by Crippen LogP contribution is -2.60. The Labute approximate surface area is 550 Å². The molecule has 0 saturated carbocycles. The molecule has 26 heteroatoms. The quantitative estimate of drug-likeness (QED) is 0.155. The fourth-order valence-electron chi connectivity index (χ4n) is 10.9. The second kappa shape index (κ2) is 35.6. The van der Waals surface area contributed by atoms with Gasteiger partial charge in [0.15, 0.2) is 0 Å². The Kier molecular flexibility index (Phi) is 29.8. The maximum atomic E-state index is 15.2. The minimum absolute atomic E-state index is 0.00145. The van der Waals surface area contributed by atoms with Crippen LogP contribution in [-0.2, 0) is 73.4 Å². The summed E-state index contributed by atoms with van der Waals surface area (Å²) in [6.45, 7) is 12.3. The van der Waals surface area contributed by atoms with Gasteiger partial charge in [-0.3, -0.25) is 53.3 Å². The first-order chi connectivity index (χ1) is 43.4. The molecule has 1 heterocycles. The number of likely N-dealkylation sites (N-methyl/N-ethyl adjacent to an activating group) is 7. The first-order valence-corrected chi connectivity index (χ1v) is 31.9. The van der Waals surface area contributed by atoms with E-state index in [2.05, 4.69) is 21.3 Å². The summed E-state index contributed by atoms with van der Waals surface area (Å²) in [5.41, 5.74) is 0.418. The van der Waals surface area contributed by atoms with E-state index < -0.39 is 151 Å². The molecule has 1 aliphatic rings. The van der Waals surface area contributed by atoms with Crippen molar-refractivity contribution in [3.63, 3.8) is 0 Å². The molecule has 0 radical (unpaired) electrons. The molecule has 10 amide bonds. The van der Waals surface area contributed by atoms with Crippen molar-refractivity contribution in [2.45, 2.75) is 167 Å². The van der Waals surface area contributed by atoms with Gasteiger partial charge >= 0.3 is 6.18 Å². The van der Waals surface area contributed by atoms with Crippen LogP contribution in [0.5, 0.6) is 0 Å². The molecule has 3 aromatic rings. The fraction of sp³-hybridized carbons (Fsp3) is 0.582. The van der Waals surface area contributed by atoms with E-state index in [9.17, 15) is 56.6 Å². The fourth-order valence-corrected chi connectivity index (χ4v) is 11.0. The highest BCUT2D eigenvalue weighted by atomic mass is 35.5. The molecule has 0 aliphatic carbocycles. The van der Waals surface area contributed by atoms with Gasteiger partial charge in [0.05, 0.1) is 37.3 Å². The second-order valence-corrected chi connectivity index (χ2v) is 26.1. The first kappa shape index (κ1) is 77.8. The third-order valence-electron chi connectivity index (χ3n) is 17.1. The number of nitrogens with one attached hydrogen (secondary N) is 4. The molecule has 93 heavy (non-hydrogen) atoms. The van der Waals surface area contributed by atoms with E-state index in [1.165, 1.54) is 76.2 Å². The Hall–Kier alpha value is -7.64. The Balaban J connectivity index is 1.86. The van der Waals surface area contributed by atoms with Gasteiger partial charge in [-0.1, -0.05) is 120 Å². The zero-order valence-electron chi connectivity index (χ0n) is 56.4. The van der Waals surface area contributed by atoms with Crippen molar-refractivity contribution >= 4 is 70.7 Å². The van der Waals surface area contributed by atoms with Crippen LogP contribution in [0, 0.1) is 17.8 Å². The van der Waals surface area contributed by atoms with Crippen molar-refractivity contribution in [1.29, 1.82) is 0 Å². The van der Waals surface area contributed by atoms with E-state index in [1.54, 1.807) is 89.2 Å². The van der Waals surface area contributed by atoms with E-state index in [1.807, 2.05) is 20.8 Å². The third kappa shape index (κ3) is 23.1. The number of aliphatic hydroxyl groups excluding tert-OH is 1. The number of halogens is 4. The molecule has 4 rings (SSSR count). The highest BCUT2D eigenvalue weighted by molar-refractivity contribution is 6.30. The Morgan fingerprint density at radius 2 is 1.11 bits per heavy atom. The van der Waals surface area contributed by atoms with Gasteiger partial charge in [0, 0.05) is 79.7 Å². The van der Waals surface area contributed by atoms with Crippen LogP contribution in [0.15, 0.2) is 78.9 Å². The zero-order chi connectivity index (χ0) is 69.9. The van der Waals surface area contributed by atoms with Gasteiger partial charge in [-0.05, 0) is 92.2 Å². The van der Waals surface area contributed by atoms with E-state index in [4.69, 9.17) is 11.6 Å². The number of nitrogens with zero attached hydrogens (tertiary/aromatic N) is 7. The number of benzene rings is 3. The maximum absolute atomic E-state index is 15.2. The van der Waals surface area contributed by atoms with Crippen molar-refractivity contribution in [3.8, 4) is 0 Å². The molecule has 10 atom stereocenters. The topological polar surface area (TPSA) is 262 Å². The first-order valence-electron chi connectivity index (χ1n) is 31.5. The number of rotatable bonds is 13. The smallest absolute Gasteiger partial charge is 0.376 e. The molecular formula is C67H97ClF3N11O11. The molecule has 1 saturated heterocycles. The van der Waals surface area contributed by atoms with E-state index in [0.717, 1.165) is 31.7 Å². The number of aryl methyl sites for hydroxylation is 1. The van der Waals surface area contributed by atoms with Crippen LogP contribution >= 0.6 is 11.6 Å². The highest BCUT2D eigenvalue weighted by Gasteiger charge is 2.41. The van der Waals surface area contributed by atoms with Gasteiger partial charge in [-0.25, -0.2) is 0 Å². The van der Waals surface area contributed by atoms with Crippen molar-refractivity contribution in [2.24, 2.45) is 17.8 Å². The van der Waals surface area contributed by atoms with Crippen LogP contribution < -0.4 is 21.3 Å². The normalized spacial score (nSPS) is 24.4. The lowest BCUT2D eigenvalue weighted by molar-refractivity contribution is -0.149. The molecule has 3 aromatic carbocycles. The SMILES string of the molecule is CC[C@H](C)[C@@H]1NC(O)[C@H](C)N(C)C(=O)C[C@@H](C)NC(=O)[C@H](CC(C)C)N(C)C(=O)[C@H](Cc2ccccc2)N(C)C(=O)[C@H](CC(C)C)NC(=O)[C@H](CCc2cccc(C(F)(F)F)c2)NC(=O)CN(C)C(=O)[C@H](Cc2ccc(Cl)cc2)N(C)C(=O)CN(C)C(=O)CN(C)C1=O. The average Bonchev–Trinajstić information content (AvgIpc) is 1.35. The van der Waals surface area contributed by atoms with Gasteiger partial charge in [-0.15, -0.1) is 0 Å². The molecule has 22 nitrogen and oxygen atoms in total. The molecule has 1 unspecified atom stereocenters. The molecule has 1 fully saturated rings. The van der Waals surface area contributed by atoms with Crippen LogP contribution in [-0.4, -0.2) is 222 Å². The molecule has 514 valence electrons. The average molecular weight is 1330 g/mol. The number of hydrogen-bond donors (Lipinski definition) is 5. The Bertz CT molecular complexity index is 3050. The summed E-state index contributed by atoms with van der Waals surface area (Å²) >= 11 is 6.21.